The van der Waals surface area contributed by atoms with E-state index in [0.717, 1.165) is 23.3 Å². The second kappa shape index (κ2) is 5.88. The summed E-state index contributed by atoms with van der Waals surface area (Å²) in [6.07, 6.45) is 0. The van der Waals surface area contributed by atoms with Crippen molar-refractivity contribution in [2.24, 2.45) is 0 Å². The Morgan fingerprint density at radius 2 is 1.90 bits per heavy atom. The Balaban J connectivity index is 2.66. The number of halogens is 1. The van der Waals surface area contributed by atoms with Crippen molar-refractivity contribution in [2.45, 2.75) is 40.0 Å². The molecule has 0 atom stereocenters. The molecule has 0 unspecified atom stereocenters. The van der Waals surface area contributed by atoms with Crippen LogP contribution in [0.15, 0.2) is 18.2 Å². The first-order chi connectivity index (χ1) is 9.86. The van der Waals surface area contributed by atoms with Crippen LogP contribution in [0.25, 0.3) is 10.9 Å². The zero-order valence-corrected chi connectivity index (χ0v) is 13.4. The molecule has 0 saturated heterocycles. The van der Waals surface area contributed by atoms with Crippen molar-refractivity contribution in [3.8, 4) is 5.75 Å². The number of anilines is 1. The zero-order chi connectivity index (χ0) is 15.6. The molecule has 0 saturated carbocycles. The minimum atomic E-state index is -0.372. The maximum atomic E-state index is 14.0. The van der Waals surface area contributed by atoms with Gasteiger partial charge in [-0.2, -0.15) is 0 Å². The molecule has 1 aromatic carbocycles. The standard InChI is InChI=1S/C17H23FN2O/c1-6-19-16-12(17(3,4)5)8-11-9-15(21-7-2)13(18)10-14(11)20-16/h8-10H,6-7H2,1-5H3,(H,19,20). The first-order valence-corrected chi connectivity index (χ1v) is 7.38. The van der Waals surface area contributed by atoms with E-state index < -0.39 is 0 Å². The molecule has 4 heteroatoms. The summed E-state index contributed by atoms with van der Waals surface area (Å²) in [4.78, 5) is 4.59. The number of aromatic nitrogens is 1. The molecule has 2 rings (SSSR count). The van der Waals surface area contributed by atoms with Crippen LogP contribution in [0.1, 0.15) is 40.2 Å². The van der Waals surface area contributed by atoms with Gasteiger partial charge in [0.15, 0.2) is 11.6 Å². The summed E-state index contributed by atoms with van der Waals surface area (Å²) in [6.45, 7) is 11.5. The minimum Gasteiger partial charge on any atom is -0.491 e. The maximum absolute atomic E-state index is 14.0. The molecule has 0 radical (unpaired) electrons. The molecule has 0 aliphatic heterocycles. The fraction of sp³-hybridized carbons (Fsp3) is 0.471. The Labute approximate surface area is 125 Å². The summed E-state index contributed by atoms with van der Waals surface area (Å²) in [6, 6.07) is 5.24. The van der Waals surface area contributed by atoms with Gasteiger partial charge in [-0.15, -0.1) is 0 Å². The predicted molar refractivity (Wildman–Crippen MR) is 85.7 cm³/mol. The van der Waals surface area contributed by atoms with Crippen LogP contribution in [-0.4, -0.2) is 18.1 Å². The summed E-state index contributed by atoms with van der Waals surface area (Å²) in [5, 5.41) is 4.16. The lowest BCUT2D eigenvalue weighted by Crippen LogP contribution is -2.16. The van der Waals surface area contributed by atoms with E-state index in [-0.39, 0.29) is 17.0 Å². The smallest absolute Gasteiger partial charge is 0.167 e. The van der Waals surface area contributed by atoms with Gasteiger partial charge in [-0.05, 0) is 31.4 Å². The summed E-state index contributed by atoms with van der Waals surface area (Å²) in [5.74, 6) is 0.728. The molecule has 21 heavy (non-hydrogen) atoms. The monoisotopic (exact) mass is 290 g/mol. The Hall–Kier alpha value is -1.84. The van der Waals surface area contributed by atoms with E-state index in [1.807, 2.05) is 13.8 Å². The number of rotatable bonds is 4. The van der Waals surface area contributed by atoms with Crippen LogP contribution in [-0.2, 0) is 5.41 Å². The van der Waals surface area contributed by atoms with Gasteiger partial charge in [0.2, 0.25) is 0 Å². The molecular formula is C17H23FN2O. The van der Waals surface area contributed by atoms with Gasteiger partial charge in [-0.3, -0.25) is 0 Å². The van der Waals surface area contributed by atoms with Crippen molar-refractivity contribution in [1.29, 1.82) is 0 Å². The molecule has 1 heterocycles. The average Bonchev–Trinajstić information content (AvgIpc) is 2.39. The third-order valence-electron chi connectivity index (χ3n) is 3.32. The highest BCUT2D eigenvalue weighted by Gasteiger charge is 2.20. The number of pyridine rings is 1. The lowest BCUT2D eigenvalue weighted by molar-refractivity contribution is 0.322. The number of benzene rings is 1. The molecule has 1 N–H and O–H groups in total. The van der Waals surface area contributed by atoms with Crippen molar-refractivity contribution in [3.05, 3.63) is 29.6 Å². The van der Waals surface area contributed by atoms with Gasteiger partial charge in [0, 0.05) is 23.6 Å². The van der Waals surface area contributed by atoms with Gasteiger partial charge in [0.25, 0.3) is 0 Å². The van der Waals surface area contributed by atoms with Crippen molar-refractivity contribution in [3.63, 3.8) is 0 Å². The molecule has 2 aromatic rings. The highest BCUT2D eigenvalue weighted by atomic mass is 19.1. The summed E-state index contributed by atoms with van der Waals surface area (Å²) in [7, 11) is 0. The van der Waals surface area contributed by atoms with Gasteiger partial charge in [0.05, 0.1) is 12.1 Å². The number of hydrogen-bond donors (Lipinski definition) is 1. The van der Waals surface area contributed by atoms with E-state index >= 15 is 0 Å². The lowest BCUT2D eigenvalue weighted by atomic mass is 9.86. The second-order valence-corrected chi connectivity index (χ2v) is 6.07. The maximum Gasteiger partial charge on any atom is 0.167 e. The van der Waals surface area contributed by atoms with Gasteiger partial charge >= 0.3 is 0 Å². The molecule has 0 fully saturated rings. The molecule has 0 aliphatic carbocycles. The highest BCUT2D eigenvalue weighted by Crippen LogP contribution is 2.33. The number of nitrogens with one attached hydrogen (secondary N) is 1. The molecule has 0 spiro atoms. The average molecular weight is 290 g/mol. The Morgan fingerprint density at radius 1 is 1.19 bits per heavy atom. The van der Waals surface area contributed by atoms with Gasteiger partial charge in [-0.25, -0.2) is 9.37 Å². The molecule has 0 bridgehead atoms. The van der Waals surface area contributed by atoms with Crippen LogP contribution in [0.4, 0.5) is 10.2 Å². The van der Waals surface area contributed by atoms with Crippen molar-refractivity contribution >= 4 is 16.7 Å². The summed E-state index contributed by atoms with van der Waals surface area (Å²) >= 11 is 0. The van der Waals surface area contributed by atoms with Gasteiger partial charge < -0.3 is 10.1 Å². The van der Waals surface area contributed by atoms with Gasteiger partial charge in [-0.1, -0.05) is 20.8 Å². The normalized spacial score (nSPS) is 11.7. The van der Waals surface area contributed by atoms with E-state index in [1.165, 1.54) is 6.07 Å². The third-order valence-corrected chi connectivity index (χ3v) is 3.32. The Kier molecular flexibility index (Phi) is 4.35. The molecule has 0 amide bonds. The summed E-state index contributed by atoms with van der Waals surface area (Å²) in [5.41, 5.74) is 1.71. The van der Waals surface area contributed by atoms with Crippen molar-refractivity contribution < 1.29 is 9.13 Å². The quantitative estimate of drug-likeness (QED) is 0.900. The Bertz CT molecular complexity index is 647. The molecule has 114 valence electrons. The van der Waals surface area contributed by atoms with E-state index in [1.54, 1.807) is 6.07 Å². The predicted octanol–water partition coefficient (Wildman–Crippen LogP) is 4.50. The number of nitrogens with zero attached hydrogens (tertiary/aromatic N) is 1. The van der Waals surface area contributed by atoms with Gasteiger partial charge in [0.1, 0.15) is 5.82 Å². The lowest BCUT2D eigenvalue weighted by Gasteiger charge is -2.23. The SMILES string of the molecule is CCNc1nc2cc(F)c(OCC)cc2cc1C(C)(C)C. The van der Waals surface area contributed by atoms with E-state index in [4.69, 9.17) is 4.74 Å². The number of ether oxygens (including phenoxy) is 1. The van der Waals surface area contributed by atoms with Crippen LogP contribution in [0, 0.1) is 5.82 Å². The van der Waals surface area contributed by atoms with E-state index in [2.05, 4.69) is 37.1 Å². The first-order valence-electron chi connectivity index (χ1n) is 7.38. The molecule has 1 aromatic heterocycles. The minimum absolute atomic E-state index is 0.0428. The Morgan fingerprint density at radius 3 is 2.48 bits per heavy atom. The fourth-order valence-corrected chi connectivity index (χ4v) is 2.32. The van der Waals surface area contributed by atoms with E-state index in [9.17, 15) is 4.39 Å². The van der Waals surface area contributed by atoms with Crippen LogP contribution in [0.5, 0.6) is 5.75 Å². The van der Waals surface area contributed by atoms with Crippen molar-refractivity contribution in [2.75, 3.05) is 18.5 Å². The van der Waals surface area contributed by atoms with Crippen LogP contribution in [0.2, 0.25) is 0 Å². The largest absolute Gasteiger partial charge is 0.491 e. The molecular weight excluding hydrogens is 267 g/mol. The van der Waals surface area contributed by atoms with Crippen LogP contribution in [0.3, 0.4) is 0 Å². The fourth-order valence-electron chi connectivity index (χ4n) is 2.32. The number of fused-ring (bicyclic) bond motifs is 1. The number of hydrogen-bond acceptors (Lipinski definition) is 3. The van der Waals surface area contributed by atoms with Crippen LogP contribution < -0.4 is 10.1 Å². The molecule has 0 aliphatic rings. The highest BCUT2D eigenvalue weighted by molar-refractivity contribution is 5.83. The van der Waals surface area contributed by atoms with E-state index in [0.29, 0.717) is 12.1 Å². The topological polar surface area (TPSA) is 34.2 Å². The third kappa shape index (κ3) is 3.26. The first kappa shape index (κ1) is 15.5. The summed E-state index contributed by atoms with van der Waals surface area (Å²) < 4.78 is 19.3. The van der Waals surface area contributed by atoms with Crippen LogP contribution >= 0.6 is 0 Å². The van der Waals surface area contributed by atoms with Crippen molar-refractivity contribution in [1.82, 2.24) is 4.98 Å². The second-order valence-electron chi connectivity index (χ2n) is 6.07. The zero-order valence-electron chi connectivity index (χ0n) is 13.4. The molecule has 3 nitrogen and oxygen atoms in total.